The van der Waals surface area contributed by atoms with Crippen molar-refractivity contribution in [3.05, 3.63) is 23.8 Å². The smallest absolute Gasteiger partial charge is 0.216 e. The lowest BCUT2D eigenvalue weighted by Crippen LogP contribution is -2.30. The van der Waals surface area contributed by atoms with Gasteiger partial charge in [-0.3, -0.25) is 4.79 Å². The van der Waals surface area contributed by atoms with E-state index in [4.69, 9.17) is 4.74 Å². The third kappa shape index (κ3) is 5.18. The normalized spacial score (nSPS) is 11.9. The predicted molar refractivity (Wildman–Crippen MR) is 72.2 cm³/mol. The molecule has 0 aliphatic carbocycles. The van der Waals surface area contributed by atoms with E-state index < -0.39 is 0 Å². The molecule has 0 aliphatic rings. The Labute approximate surface area is 113 Å². The third-order valence-corrected chi connectivity index (χ3v) is 2.75. The zero-order valence-corrected chi connectivity index (χ0v) is 11.3. The highest BCUT2D eigenvalue weighted by atomic mass is 16.5. The molecule has 0 aromatic heterocycles. The zero-order valence-electron chi connectivity index (χ0n) is 11.3. The standard InChI is InChI=1S/C14H21NO4/c1-3-19-14-7-11(4-5-13(14)18)6-12(9-16)8-15-10(2)17/h4-5,7,12,16,18H,3,6,8-9H2,1-2H3,(H,15,17). The number of aliphatic hydroxyl groups is 1. The predicted octanol–water partition coefficient (Wildman–Crippen LogP) is 1.08. The Balaban J connectivity index is 2.68. The maximum absolute atomic E-state index is 10.9. The van der Waals surface area contributed by atoms with Gasteiger partial charge in [0.2, 0.25) is 5.91 Å². The van der Waals surface area contributed by atoms with Crippen LogP contribution in [0.2, 0.25) is 0 Å². The number of ether oxygens (including phenoxy) is 1. The van der Waals surface area contributed by atoms with E-state index in [1.165, 1.54) is 6.92 Å². The highest BCUT2D eigenvalue weighted by Crippen LogP contribution is 2.27. The Morgan fingerprint density at radius 3 is 2.79 bits per heavy atom. The van der Waals surface area contributed by atoms with Gasteiger partial charge in [0.05, 0.1) is 6.61 Å². The van der Waals surface area contributed by atoms with Crippen LogP contribution in [0.25, 0.3) is 0 Å². The van der Waals surface area contributed by atoms with Crippen LogP contribution in [-0.2, 0) is 11.2 Å². The average molecular weight is 267 g/mol. The van der Waals surface area contributed by atoms with E-state index in [0.29, 0.717) is 25.3 Å². The average Bonchev–Trinajstić information content (AvgIpc) is 2.38. The number of carbonyl (C=O) groups is 1. The minimum Gasteiger partial charge on any atom is -0.504 e. The van der Waals surface area contributed by atoms with Crippen molar-refractivity contribution in [2.24, 2.45) is 5.92 Å². The molecular formula is C14H21NO4. The largest absolute Gasteiger partial charge is 0.504 e. The Morgan fingerprint density at radius 1 is 1.47 bits per heavy atom. The van der Waals surface area contributed by atoms with Gasteiger partial charge in [-0.15, -0.1) is 0 Å². The summed E-state index contributed by atoms with van der Waals surface area (Å²) < 4.78 is 5.31. The maximum Gasteiger partial charge on any atom is 0.216 e. The van der Waals surface area contributed by atoms with Crippen molar-refractivity contribution in [2.45, 2.75) is 20.3 Å². The highest BCUT2D eigenvalue weighted by Gasteiger charge is 2.11. The number of nitrogens with one attached hydrogen (secondary N) is 1. The summed E-state index contributed by atoms with van der Waals surface area (Å²) in [4.78, 5) is 10.9. The Kier molecular flexibility index (Phi) is 6.15. The maximum atomic E-state index is 10.9. The SMILES string of the molecule is CCOc1cc(CC(CO)CNC(C)=O)ccc1O. The first-order valence-electron chi connectivity index (χ1n) is 6.36. The first kappa shape index (κ1) is 15.3. The molecule has 1 aromatic rings. The molecule has 1 unspecified atom stereocenters. The van der Waals surface area contributed by atoms with Crippen molar-refractivity contribution < 1.29 is 19.7 Å². The zero-order chi connectivity index (χ0) is 14.3. The topological polar surface area (TPSA) is 78.8 Å². The van der Waals surface area contributed by atoms with Gasteiger partial charge in [-0.2, -0.15) is 0 Å². The molecule has 19 heavy (non-hydrogen) atoms. The van der Waals surface area contributed by atoms with E-state index in [1.54, 1.807) is 18.2 Å². The van der Waals surface area contributed by atoms with Gasteiger partial charge in [-0.25, -0.2) is 0 Å². The van der Waals surface area contributed by atoms with Gasteiger partial charge >= 0.3 is 0 Å². The molecule has 1 amide bonds. The molecule has 0 aliphatic heterocycles. The summed E-state index contributed by atoms with van der Waals surface area (Å²) in [5.41, 5.74) is 0.950. The second-order valence-electron chi connectivity index (χ2n) is 4.42. The van der Waals surface area contributed by atoms with Gasteiger partial charge in [0.25, 0.3) is 0 Å². The fourth-order valence-corrected chi connectivity index (χ4v) is 1.78. The van der Waals surface area contributed by atoms with Gasteiger partial charge in [0.1, 0.15) is 0 Å². The van der Waals surface area contributed by atoms with Crippen LogP contribution < -0.4 is 10.1 Å². The number of carbonyl (C=O) groups excluding carboxylic acids is 1. The van der Waals surface area contributed by atoms with E-state index in [2.05, 4.69) is 5.32 Å². The first-order valence-corrected chi connectivity index (χ1v) is 6.36. The van der Waals surface area contributed by atoms with Crippen LogP contribution in [0.4, 0.5) is 0 Å². The van der Waals surface area contributed by atoms with Crippen LogP contribution in [0.5, 0.6) is 11.5 Å². The number of hydrogen-bond acceptors (Lipinski definition) is 4. The number of amides is 1. The lowest BCUT2D eigenvalue weighted by Gasteiger charge is -2.15. The minimum atomic E-state index is -0.112. The monoisotopic (exact) mass is 267 g/mol. The van der Waals surface area contributed by atoms with Gasteiger partial charge in [-0.1, -0.05) is 6.07 Å². The summed E-state index contributed by atoms with van der Waals surface area (Å²) >= 11 is 0. The number of benzene rings is 1. The van der Waals surface area contributed by atoms with Crippen molar-refractivity contribution in [3.63, 3.8) is 0 Å². The fraction of sp³-hybridized carbons (Fsp3) is 0.500. The molecule has 0 bridgehead atoms. The van der Waals surface area contributed by atoms with E-state index in [0.717, 1.165) is 5.56 Å². The molecule has 0 spiro atoms. The molecule has 106 valence electrons. The second-order valence-corrected chi connectivity index (χ2v) is 4.42. The Bertz CT molecular complexity index is 420. The fourth-order valence-electron chi connectivity index (χ4n) is 1.78. The van der Waals surface area contributed by atoms with E-state index in [-0.39, 0.29) is 24.2 Å². The molecule has 3 N–H and O–H groups in total. The molecule has 5 nitrogen and oxygen atoms in total. The van der Waals surface area contributed by atoms with Gasteiger partial charge in [0.15, 0.2) is 11.5 Å². The van der Waals surface area contributed by atoms with E-state index in [9.17, 15) is 15.0 Å². The summed E-state index contributed by atoms with van der Waals surface area (Å²) in [6, 6.07) is 5.12. The van der Waals surface area contributed by atoms with Gasteiger partial charge < -0.3 is 20.3 Å². The minimum absolute atomic E-state index is 0.00880. The molecule has 5 heteroatoms. The van der Waals surface area contributed by atoms with Gasteiger partial charge in [-0.05, 0) is 31.0 Å². The summed E-state index contributed by atoms with van der Waals surface area (Å²) in [6.45, 7) is 4.19. The van der Waals surface area contributed by atoms with Crippen molar-refractivity contribution in [1.82, 2.24) is 5.32 Å². The highest BCUT2D eigenvalue weighted by molar-refractivity contribution is 5.72. The molecular weight excluding hydrogens is 246 g/mol. The molecule has 0 saturated heterocycles. The number of phenols is 1. The lowest BCUT2D eigenvalue weighted by molar-refractivity contribution is -0.119. The third-order valence-electron chi connectivity index (χ3n) is 2.75. The molecule has 1 aromatic carbocycles. The molecule has 1 atom stereocenters. The van der Waals surface area contributed by atoms with Crippen molar-refractivity contribution >= 4 is 5.91 Å². The molecule has 0 heterocycles. The lowest BCUT2D eigenvalue weighted by atomic mass is 9.99. The summed E-state index contributed by atoms with van der Waals surface area (Å²) in [7, 11) is 0. The van der Waals surface area contributed by atoms with Crippen LogP contribution in [0.1, 0.15) is 19.4 Å². The summed E-state index contributed by atoms with van der Waals surface area (Å²) in [5.74, 6) is 0.381. The number of hydrogen-bond donors (Lipinski definition) is 3. The number of aliphatic hydroxyl groups excluding tert-OH is 1. The van der Waals surface area contributed by atoms with E-state index in [1.807, 2.05) is 6.92 Å². The summed E-state index contributed by atoms with van der Waals surface area (Å²) in [5, 5.41) is 21.6. The summed E-state index contributed by atoms with van der Waals surface area (Å²) in [6.07, 6.45) is 0.608. The molecule has 0 fully saturated rings. The number of phenolic OH excluding ortho intramolecular Hbond substituents is 1. The van der Waals surface area contributed by atoms with Crippen LogP contribution >= 0.6 is 0 Å². The van der Waals surface area contributed by atoms with Gasteiger partial charge in [0, 0.05) is 26.0 Å². The van der Waals surface area contributed by atoms with Crippen molar-refractivity contribution in [1.29, 1.82) is 0 Å². The number of aromatic hydroxyl groups is 1. The number of rotatable bonds is 7. The van der Waals surface area contributed by atoms with Crippen molar-refractivity contribution in [3.8, 4) is 11.5 Å². The van der Waals surface area contributed by atoms with E-state index >= 15 is 0 Å². The Morgan fingerprint density at radius 2 is 2.21 bits per heavy atom. The van der Waals surface area contributed by atoms with Crippen LogP contribution in [0.3, 0.4) is 0 Å². The second kappa shape index (κ2) is 7.63. The van der Waals surface area contributed by atoms with Crippen molar-refractivity contribution in [2.75, 3.05) is 19.8 Å². The molecule has 0 saturated carbocycles. The van der Waals surface area contributed by atoms with Crippen LogP contribution in [0, 0.1) is 5.92 Å². The Hall–Kier alpha value is -1.75. The first-order chi connectivity index (χ1) is 9.06. The van der Waals surface area contributed by atoms with Crippen LogP contribution in [0.15, 0.2) is 18.2 Å². The molecule has 0 radical (unpaired) electrons. The molecule has 1 rings (SSSR count). The van der Waals surface area contributed by atoms with Crippen LogP contribution in [-0.4, -0.2) is 35.9 Å². The quantitative estimate of drug-likeness (QED) is 0.690.